The molecule has 2 aromatic carbocycles. The van der Waals surface area contributed by atoms with Gasteiger partial charge in [0.05, 0.1) is 13.0 Å². The minimum absolute atomic E-state index is 0.0691. The van der Waals surface area contributed by atoms with Crippen molar-refractivity contribution in [1.29, 1.82) is 0 Å². The summed E-state index contributed by atoms with van der Waals surface area (Å²) in [5.74, 6) is -1.38. The second kappa shape index (κ2) is 11.8. The zero-order valence-electron chi connectivity index (χ0n) is 15.4. The van der Waals surface area contributed by atoms with Crippen molar-refractivity contribution in [3.8, 4) is 0 Å². The summed E-state index contributed by atoms with van der Waals surface area (Å²) in [5, 5.41) is 2.79. The summed E-state index contributed by atoms with van der Waals surface area (Å²) in [6, 6.07) is 15.9. The molecule has 0 fully saturated rings. The molecule has 2 rings (SSSR count). The van der Waals surface area contributed by atoms with Crippen LogP contribution >= 0.6 is 23.8 Å². The Kier molecular flexibility index (Phi) is 9.07. The fourth-order valence-corrected chi connectivity index (χ4v) is 2.51. The molecule has 0 aromatic heterocycles. The molecule has 0 saturated carbocycles. The summed E-state index contributed by atoms with van der Waals surface area (Å²) in [5.41, 5.74) is 6.20. The molecule has 0 atom stereocenters. The van der Waals surface area contributed by atoms with Gasteiger partial charge in [0, 0.05) is 23.4 Å². The van der Waals surface area contributed by atoms with E-state index < -0.39 is 17.8 Å². The Hall–Kier alpha value is -2.97. The molecule has 0 unspecified atom stereocenters. The summed E-state index contributed by atoms with van der Waals surface area (Å²) in [6.45, 7) is 0.251. The summed E-state index contributed by atoms with van der Waals surface area (Å²) in [4.78, 5) is 35.4. The van der Waals surface area contributed by atoms with Gasteiger partial charge >= 0.3 is 5.97 Å². The fourth-order valence-electron chi connectivity index (χ4n) is 2.22. The number of amides is 2. The van der Waals surface area contributed by atoms with Crippen molar-refractivity contribution < 1.29 is 19.1 Å². The molecule has 29 heavy (non-hydrogen) atoms. The van der Waals surface area contributed by atoms with E-state index in [1.165, 1.54) is 0 Å². The lowest BCUT2D eigenvalue weighted by molar-refractivity contribution is -0.144. The minimum Gasteiger partial charge on any atom is -0.465 e. The Balaban J connectivity index is 1.60. The smallest absolute Gasteiger partial charge is 0.306 e. The third-order valence-electron chi connectivity index (χ3n) is 3.70. The average molecular weight is 434 g/mol. The Labute approximate surface area is 178 Å². The lowest BCUT2D eigenvalue weighted by atomic mass is 10.2. The van der Waals surface area contributed by atoms with Crippen LogP contribution in [0.3, 0.4) is 0 Å². The van der Waals surface area contributed by atoms with E-state index in [1.54, 1.807) is 24.3 Å². The Morgan fingerprint density at radius 3 is 2.31 bits per heavy atom. The van der Waals surface area contributed by atoms with Gasteiger partial charge in [0.25, 0.3) is 5.91 Å². The Morgan fingerprint density at radius 2 is 1.62 bits per heavy atom. The van der Waals surface area contributed by atoms with Crippen molar-refractivity contribution in [3.63, 3.8) is 0 Å². The molecule has 3 N–H and O–H groups in total. The molecule has 0 spiro atoms. The maximum Gasteiger partial charge on any atom is 0.306 e. The third-order valence-corrected chi connectivity index (χ3v) is 4.16. The highest BCUT2D eigenvalue weighted by atomic mass is 35.5. The van der Waals surface area contributed by atoms with Gasteiger partial charge in [-0.1, -0.05) is 41.9 Å². The predicted octanol–water partition coefficient (Wildman–Crippen LogP) is 2.54. The Bertz CT molecular complexity index is 860. The molecule has 7 nitrogen and oxygen atoms in total. The van der Waals surface area contributed by atoms with Crippen LogP contribution in [-0.4, -0.2) is 29.5 Å². The van der Waals surface area contributed by atoms with Crippen molar-refractivity contribution >= 4 is 46.7 Å². The highest BCUT2D eigenvalue weighted by Crippen LogP contribution is 2.09. The van der Waals surface area contributed by atoms with Crippen LogP contribution in [0, 0.1) is 0 Å². The summed E-state index contributed by atoms with van der Waals surface area (Å²) >= 11 is 10.7. The monoisotopic (exact) mass is 433 g/mol. The van der Waals surface area contributed by atoms with Gasteiger partial charge in [-0.2, -0.15) is 0 Å². The zero-order valence-corrected chi connectivity index (χ0v) is 17.0. The molecule has 152 valence electrons. The predicted molar refractivity (Wildman–Crippen MR) is 113 cm³/mol. The van der Waals surface area contributed by atoms with E-state index in [9.17, 15) is 14.4 Å². The standard InChI is InChI=1S/C20H20ClN3O4S/c21-16-8-6-15(7-9-16)19(27)23-24-20(29)22-17(25)10-11-18(26)28-13-12-14-4-2-1-3-5-14/h1-9H,10-13H2,(H,23,27)(H2,22,24,25,29). The van der Waals surface area contributed by atoms with Gasteiger partial charge in [-0.3, -0.25) is 25.2 Å². The average Bonchev–Trinajstić information content (AvgIpc) is 2.72. The molecule has 0 radical (unpaired) electrons. The number of hydrogen-bond donors (Lipinski definition) is 3. The fraction of sp³-hybridized carbons (Fsp3) is 0.200. The van der Waals surface area contributed by atoms with Gasteiger partial charge in [-0.05, 0) is 42.0 Å². The van der Waals surface area contributed by atoms with Crippen LogP contribution in [-0.2, 0) is 20.7 Å². The van der Waals surface area contributed by atoms with Crippen LogP contribution in [0.5, 0.6) is 0 Å². The van der Waals surface area contributed by atoms with E-state index in [0.717, 1.165) is 5.56 Å². The SMILES string of the molecule is O=C(CCC(=O)OCCc1ccccc1)NC(=S)NNC(=O)c1ccc(Cl)cc1. The van der Waals surface area contributed by atoms with Gasteiger partial charge in [0.15, 0.2) is 5.11 Å². The first-order chi connectivity index (χ1) is 13.9. The molecule has 0 aliphatic rings. The van der Waals surface area contributed by atoms with Gasteiger partial charge < -0.3 is 10.1 Å². The second-order valence-electron chi connectivity index (χ2n) is 5.92. The maximum atomic E-state index is 11.9. The van der Waals surface area contributed by atoms with E-state index in [1.807, 2.05) is 30.3 Å². The minimum atomic E-state index is -0.469. The highest BCUT2D eigenvalue weighted by molar-refractivity contribution is 7.80. The quantitative estimate of drug-likeness (QED) is 0.353. The molecule has 0 heterocycles. The molecular formula is C20H20ClN3O4S. The number of hydrazine groups is 1. The number of carbonyl (C=O) groups is 3. The molecule has 9 heteroatoms. The van der Waals surface area contributed by atoms with Gasteiger partial charge in [0.1, 0.15) is 0 Å². The molecule has 2 aromatic rings. The number of ether oxygens (including phenoxy) is 1. The molecule has 0 saturated heterocycles. The van der Waals surface area contributed by atoms with Gasteiger partial charge in [-0.25, -0.2) is 0 Å². The number of thiocarbonyl (C=S) groups is 1. The lowest BCUT2D eigenvalue weighted by Crippen LogP contribution is -2.48. The van der Waals surface area contributed by atoms with Crippen LogP contribution in [0.4, 0.5) is 0 Å². The van der Waals surface area contributed by atoms with E-state index in [4.69, 9.17) is 28.6 Å². The third kappa shape index (κ3) is 8.71. The summed E-state index contributed by atoms with van der Waals surface area (Å²) in [6.07, 6.45) is 0.456. The van der Waals surface area contributed by atoms with Gasteiger partial charge in [-0.15, -0.1) is 0 Å². The largest absolute Gasteiger partial charge is 0.465 e. The Morgan fingerprint density at radius 1 is 0.931 bits per heavy atom. The highest BCUT2D eigenvalue weighted by Gasteiger charge is 2.11. The molecule has 0 aliphatic heterocycles. The number of nitrogens with one attached hydrogen (secondary N) is 3. The zero-order chi connectivity index (χ0) is 21.1. The molecule has 2 amide bonds. The van der Waals surface area contributed by atoms with Crippen molar-refractivity contribution in [2.75, 3.05) is 6.61 Å². The number of carbonyl (C=O) groups excluding carboxylic acids is 3. The first kappa shape index (κ1) is 22.3. The van der Waals surface area contributed by atoms with Crippen LogP contribution in [0.15, 0.2) is 54.6 Å². The number of benzene rings is 2. The van der Waals surface area contributed by atoms with Crippen molar-refractivity contribution in [2.24, 2.45) is 0 Å². The second-order valence-corrected chi connectivity index (χ2v) is 6.76. The van der Waals surface area contributed by atoms with Crippen molar-refractivity contribution in [1.82, 2.24) is 16.2 Å². The summed E-state index contributed by atoms with van der Waals surface area (Å²) < 4.78 is 5.10. The number of hydrogen-bond acceptors (Lipinski definition) is 5. The first-order valence-corrected chi connectivity index (χ1v) is 9.58. The topological polar surface area (TPSA) is 96.5 Å². The maximum absolute atomic E-state index is 11.9. The molecular weight excluding hydrogens is 414 g/mol. The van der Waals surface area contributed by atoms with E-state index in [2.05, 4.69) is 16.2 Å². The molecule has 0 aliphatic carbocycles. The van der Waals surface area contributed by atoms with Crippen molar-refractivity contribution in [2.45, 2.75) is 19.3 Å². The number of halogens is 1. The van der Waals surface area contributed by atoms with Crippen LogP contribution in [0.1, 0.15) is 28.8 Å². The lowest BCUT2D eigenvalue weighted by Gasteiger charge is -2.11. The van der Waals surface area contributed by atoms with Crippen LogP contribution in [0.25, 0.3) is 0 Å². The van der Waals surface area contributed by atoms with E-state index in [0.29, 0.717) is 17.0 Å². The van der Waals surface area contributed by atoms with Crippen molar-refractivity contribution in [3.05, 3.63) is 70.7 Å². The van der Waals surface area contributed by atoms with Gasteiger partial charge in [0.2, 0.25) is 5.91 Å². The van der Waals surface area contributed by atoms with Crippen LogP contribution in [0.2, 0.25) is 5.02 Å². The van der Waals surface area contributed by atoms with E-state index in [-0.39, 0.29) is 24.6 Å². The molecule has 0 bridgehead atoms. The van der Waals surface area contributed by atoms with E-state index >= 15 is 0 Å². The van der Waals surface area contributed by atoms with Crippen LogP contribution < -0.4 is 16.2 Å². The first-order valence-electron chi connectivity index (χ1n) is 8.79. The normalized spacial score (nSPS) is 9.97. The summed E-state index contributed by atoms with van der Waals surface area (Å²) in [7, 11) is 0. The number of rotatable bonds is 7. The number of esters is 1.